The van der Waals surface area contributed by atoms with Crippen LogP contribution in [0.4, 0.5) is 0 Å². The van der Waals surface area contributed by atoms with Crippen LogP contribution in [0, 0.1) is 6.92 Å². The Labute approximate surface area is 71.4 Å². The lowest BCUT2D eigenvalue weighted by atomic mass is 10.4. The first-order valence-electron chi connectivity index (χ1n) is 3.10. The van der Waals surface area contributed by atoms with E-state index in [0.717, 1.165) is 11.2 Å². The summed E-state index contributed by atoms with van der Waals surface area (Å²) in [6, 6.07) is 0. The van der Waals surface area contributed by atoms with Gasteiger partial charge < -0.3 is 0 Å². The molecule has 4 nitrogen and oxygen atoms in total. The minimum atomic E-state index is 0.678. The molecule has 0 radical (unpaired) electrons. The largest absolute Gasteiger partial charge is 0.234 e. The van der Waals surface area contributed by atoms with Gasteiger partial charge in [-0.3, -0.25) is 0 Å². The highest BCUT2D eigenvalue weighted by Gasteiger charge is 2.01. The third-order valence-corrected chi connectivity index (χ3v) is 1.86. The van der Waals surface area contributed by atoms with Gasteiger partial charge in [-0.25, -0.2) is 9.50 Å². The van der Waals surface area contributed by atoms with Gasteiger partial charge in [-0.05, 0) is 28.4 Å². The van der Waals surface area contributed by atoms with Crippen LogP contribution in [0.15, 0.2) is 17.0 Å². The maximum atomic E-state index is 4.13. The monoisotopic (exact) mass is 212 g/mol. The van der Waals surface area contributed by atoms with Gasteiger partial charge in [-0.1, -0.05) is 5.21 Å². The van der Waals surface area contributed by atoms with Crippen molar-refractivity contribution in [1.82, 2.24) is 19.8 Å². The summed E-state index contributed by atoms with van der Waals surface area (Å²) in [6.07, 6.45) is 3.66. The predicted octanol–water partition coefficient (Wildman–Crippen LogP) is 1.20. The molecule has 0 atom stereocenters. The van der Waals surface area contributed by atoms with Crippen molar-refractivity contribution in [3.63, 3.8) is 0 Å². The van der Waals surface area contributed by atoms with Gasteiger partial charge in [-0.2, -0.15) is 0 Å². The van der Waals surface area contributed by atoms with Gasteiger partial charge in [0.2, 0.25) is 0 Å². The second kappa shape index (κ2) is 2.27. The van der Waals surface area contributed by atoms with Crippen LogP contribution in [0.1, 0.15) is 5.56 Å². The van der Waals surface area contributed by atoms with E-state index in [-0.39, 0.29) is 0 Å². The highest BCUT2D eigenvalue weighted by Crippen LogP contribution is 2.10. The molecular weight excluding hydrogens is 208 g/mol. The summed E-state index contributed by atoms with van der Waals surface area (Å²) >= 11 is 3.23. The number of fused-ring (bicyclic) bond motifs is 1. The molecule has 5 heteroatoms. The highest BCUT2D eigenvalue weighted by molar-refractivity contribution is 9.10. The summed E-state index contributed by atoms with van der Waals surface area (Å²) in [5.41, 5.74) is 1.81. The summed E-state index contributed by atoms with van der Waals surface area (Å²) in [4.78, 5) is 4.13. The number of halogens is 1. The quantitative estimate of drug-likeness (QED) is 0.660. The minimum Gasteiger partial charge on any atom is -0.234 e. The lowest BCUT2D eigenvalue weighted by Crippen LogP contribution is -1.90. The Morgan fingerprint density at radius 2 is 2.36 bits per heavy atom. The molecule has 0 spiro atoms. The number of nitrogens with zero attached hydrogens (tertiary/aromatic N) is 4. The van der Waals surface area contributed by atoms with Crippen LogP contribution in [-0.2, 0) is 0 Å². The average molecular weight is 213 g/mol. The number of rotatable bonds is 0. The lowest BCUT2D eigenvalue weighted by Gasteiger charge is -1.91. The van der Waals surface area contributed by atoms with Crippen molar-refractivity contribution >= 4 is 21.6 Å². The van der Waals surface area contributed by atoms with Gasteiger partial charge in [0.25, 0.3) is 0 Å². The molecule has 2 aromatic heterocycles. The molecule has 56 valence electrons. The van der Waals surface area contributed by atoms with Gasteiger partial charge in [-0.15, -0.1) is 5.10 Å². The van der Waals surface area contributed by atoms with E-state index in [1.807, 2.05) is 13.1 Å². The van der Waals surface area contributed by atoms with Gasteiger partial charge in [0, 0.05) is 12.4 Å². The third kappa shape index (κ3) is 1.01. The summed E-state index contributed by atoms with van der Waals surface area (Å²) in [5.74, 6) is 0. The van der Waals surface area contributed by atoms with Crippen LogP contribution in [0.25, 0.3) is 5.65 Å². The zero-order valence-electron chi connectivity index (χ0n) is 5.82. The van der Waals surface area contributed by atoms with E-state index in [9.17, 15) is 0 Å². The first-order valence-corrected chi connectivity index (χ1v) is 3.90. The van der Waals surface area contributed by atoms with E-state index >= 15 is 0 Å². The molecule has 0 aliphatic carbocycles. The van der Waals surface area contributed by atoms with Crippen molar-refractivity contribution in [2.24, 2.45) is 0 Å². The number of hydrogen-bond donors (Lipinski definition) is 0. The van der Waals surface area contributed by atoms with E-state index in [1.54, 1.807) is 10.7 Å². The summed E-state index contributed by atoms with van der Waals surface area (Å²) in [6.45, 7) is 1.96. The van der Waals surface area contributed by atoms with Crippen molar-refractivity contribution < 1.29 is 0 Å². The molecule has 0 aliphatic rings. The van der Waals surface area contributed by atoms with Crippen molar-refractivity contribution in [2.45, 2.75) is 6.92 Å². The van der Waals surface area contributed by atoms with Gasteiger partial charge >= 0.3 is 0 Å². The Kier molecular flexibility index (Phi) is 1.38. The second-order valence-corrected chi connectivity index (χ2v) is 3.03. The molecule has 11 heavy (non-hydrogen) atoms. The van der Waals surface area contributed by atoms with Crippen LogP contribution < -0.4 is 0 Å². The maximum Gasteiger partial charge on any atom is 0.190 e. The maximum absolute atomic E-state index is 4.13. The molecule has 0 amide bonds. The Balaban J connectivity index is 2.86. The summed E-state index contributed by atoms with van der Waals surface area (Å²) in [5, 5.41) is 7.64. The molecule has 2 rings (SSSR count). The van der Waals surface area contributed by atoms with Crippen molar-refractivity contribution in [3.8, 4) is 0 Å². The first kappa shape index (κ1) is 6.72. The van der Waals surface area contributed by atoms with E-state index in [1.165, 1.54) is 0 Å². The second-order valence-electron chi connectivity index (χ2n) is 2.28. The van der Waals surface area contributed by atoms with Crippen LogP contribution in [-0.4, -0.2) is 19.8 Å². The third-order valence-electron chi connectivity index (χ3n) is 1.35. The molecular formula is C6H5BrN4. The van der Waals surface area contributed by atoms with Crippen molar-refractivity contribution in [1.29, 1.82) is 0 Å². The lowest BCUT2D eigenvalue weighted by molar-refractivity contribution is 0.838. The average Bonchev–Trinajstić information content (AvgIpc) is 2.32. The van der Waals surface area contributed by atoms with E-state index in [0.29, 0.717) is 4.60 Å². The molecule has 0 aromatic carbocycles. The standard InChI is InChI=1S/C6H5BrN4/c1-4-2-8-6-5(7)9-10-11(6)3-4/h2-3H,1H3. The zero-order chi connectivity index (χ0) is 7.84. The Hall–Kier alpha value is -0.970. The minimum absolute atomic E-state index is 0.678. The Morgan fingerprint density at radius 1 is 1.55 bits per heavy atom. The van der Waals surface area contributed by atoms with Gasteiger partial charge in [0.15, 0.2) is 10.3 Å². The number of hydrogen-bond acceptors (Lipinski definition) is 3. The smallest absolute Gasteiger partial charge is 0.190 e. The molecule has 0 saturated heterocycles. The Bertz CT molecular complexity index is 394. The van der Waals surface area contributed by atoms with Crippen LogP contribution in [0.5, 0.6) is 0 Å². The fraction of sp³-hybridized carbons (Fsp3) is 0.167. The molecule has 2 aromatic rings. The first-order chi connectivity index (χ1) is 5.27. The highest BCUT2D eigenvalue weighted by atomic mass is 79.9. The zero-order valence-corrected chi connectivity index (χ0v) is 7.41. The van der Waals surface area contributed by atoms with Crippen LogP contribution >= 0.6 is 15.9 Å². The van der Waals surface area contributed by atoms with Gasteiger partial charge in [0.05, 0.1) is 0 Å². The summed E-state index contributed by atoms with van der Waals surface area (Å²) in [7, 11) is 0. The molecule has 2 heterocycles. The summed E-state index contributed by atoms with van der Waals surface area (Å²) < 4.78 is 2.32. The van der Waals surface area contributed by atoms with Gasteiger partial charge in [0.1, 0.15) is 0 Å². The molecule has 0 fully saturated rings. The van der Waals surface area contributed by atoms with Crippen LogP contribution in [0.3, 0.4) is 0 Å². The Morgan fingerprint density at radius 3 is 3.18 bits per heavy atom. The fourth-order valence-electron chi connectivity index (χ4n) is 0.858. The number of aryl methyl sites for hydroxylation is 1. The fourth-order valence-corrected chi connectivity index (χ4v) is 1.21. The SMILES string of the molecule is Cc1cnc2c(Br)nnn2c1. The number of aromatic nitrogens is 4. The van der Waals surface area contributed by atoms with E-state index < -0.39 is 0 Å². The van der Waals surface area contributed by atoms with Crippen LogP contribution in [0.2, 0.25) is 0 Å². The normalized spacial score (nSPS) is 10.7. The van der Waals surface area contributed by atoms with Crippen molar-refractivity contribution in [3.05, 3.63) is 22.6 Å². The van der Waals surface area contributed by atoms with E-state index in [2.05, 4.69) is 31.2 Å². The molecule has 0 bridgehead atoms. The van der Waals surface area contributed by atoms with E-state index in [4.69, 9.17) is 0 Å². The predicted molar refractivity (Wildman–Crippen MR) is 43.2 cm³/mol. The molecule has 0 aliphatic heterocycles. The topological polar surface area (TPSA) is 43.1 Å². The van der Waals surface area contributed by atoms with Crippen molar-refractivity contribution in [2.75, 3.05) is 0 Å². The molecule has 0 saturated carbocycles. The molecule has 0 unspecified atom stereocenters. The molecule has 0 N–H and O–H groups in total.